The Balaban J connectivity index is 1.86. The van der Waals surface area contributed by atoms with Crippen LogP contribution in [0.5, 0.6) is 0 Å². The molecule has 3 rings (SSSR count). The SMILES string of the molecule is CCOC(=CCCc1cccc2c1[nH]c1ccccc12)C(=O)OC. The first-order valence-corrected chi connectivity index (χ1v) is 8.14. The highest BCUT2D eigenvalue weighted by atomic mass is 16.6. The molecule has 0 radical (unpaired) electrons. The molecule has 0 aliphatic heterocycles. The van der Waals surface area contributed by atoms with Crippen LogP contribution in [0.15, 0.2) is 54.3 Å². The molecular weight excluding hydrogens is 302 g/mol. The van der Waals surface area contributed by atoms with Gasteiger partial charge >= 0.3 is 5.97 Å². The van der Waals surface area contributed by atoms with E-state index in [1.807, 2.05) is 13.0 Å². The number of benzene rings is 2. The Morgan fingerprint density at radius 2 is 1.92 bits per heavy atom. The standard InChI is InChI=1S/C20H21NO3/c1-3-24-18(20(22)23-2)13-7-9-14-8-6-11-16-15-10-4-5-12-17(15)21-19(14)16/h4-6,8,10-13,21H,3,7,9H2,1-2H3. The lowest BCUT2D eigenvalue weighted by Crippen LogP contribution is -2.08. The van der Waals surface area contributed by atoms with E-state index in [2.05, 4.69) is 41.4 Å². The zero-order valence-electron chi connectivity index (χ0n) is 14.0. The Kier molecular flexibility index (Phi) is 4.85. The number of para-hydroxylation sites is 2. The number of aromatic amines is 1. The predicted molar refractivity (Wildman–Crippen MR) is 95.9 cm³/mol. The van der Waals surface area contributed by atoms with Crippen molar-refractivity contribution < 1.29 is 14.3 Å². The van der Waals surface area contributed by atoms with E-state index >= 15 is 0 Å². The summed E-state index contributed by atoms with van der Waals surface area (Å²) in [6.07, 6.45) is 3.33. The fourth-order valence-electron chi connectivity index (χ4n) is 2.96. The van der Waals surface area contributed by atoms with Crippen molar-refractivity contribution in [2.45, 2.75) is 19.8 Å². The first kappa shape index (κ1) is 16.1. The Morgan fingerprint density at radius 3 is 2.71 bits per heavy atom. The van der Waals surface area contributed by atoms with Crippen molar-refractivity contribution in [2.24, 2.45) is 0 Å². The maximum absolute atomic E-state index is 11.7. The maximum atomic E-state index is 11.7. The van der Waals surface area contributed by atoms with Crippen molar-refractivity contribution in [3.8, 4) is 0 Å². The van der Waals surface area contributed by atoms with E-state index in [9.17, 15) is 4.79 Å². The van der Waals surface area contributed by atoms with Crippen molar-refractivity contribution in [2.75, 3.05) is 13.7 Å². The van der Waals surface area contributed by atoms with Crippen LogP contribution in [0, 0.1) is 0 Å². The Bertz CT molecular complexity index is 892. The molecule has 0 unspecified atom stereocenters. The minimum absolute atomic E-state index is 0.281. The summed E-state index contributed by atoms with van der Waals surface area (Å²) >= 11 is 0. The minimum Gasteiger partial charge on any atom is -0.487 e. The molecular formula is C20H21NO3. The largest absolute Gasteiger partial charge is 0.487 e. The van der Waals surface area contributed by atoms with Gasteiger partial charge in [-0.2, -0.15) is 0 Å². The van der Waals surface area contributed by atoms with Crippen LogP contribution in [0.1, 0.15) is 18.9 Å². The molecule has 0 amide bonds. The van der Waals surface area contributed by atoms with E-state index in [4.69, 9.17) is 9.47 Å². The average Bonchev–Trinajstić information content (AvgIpc) is 3.00. The maximum Gasteiger partial charge on any atom is 0.372 e. The molecule has 24 heavy (non-hydrogen) atoms. The summed E-state index contributed by atoms with van der Waals surface area (Å²) in [4.78, 5) is 15.2. The van der Waals surface area contributed by atoms with Crippen LogP contribution in [0.4, 0.5) is 0 Å². The zero-order chi connectivity index (χ0) is 16.9. The molecule has 0 aliphatic carbocycles. The average molecular weight is 323 g/mol. The van der Waals surface area contributed by atoms with E-state index in [1.165, 1.54) is 23.4 Å². The lowest BCUT2D eigenvalue weighted by atomic mass is 10.0. The number of ether oxygens (including phenoxy) is 2. The fraction of sp³-hybridized carbons (Fsp3) is 0.250. The number of aryl methyl sites for hydroxylation is 1. The molecule has 0 aliphatic rings. The number of hydrogen-bond acceptors (Lipinski definition) is 3. The zero-order valence-corrected chi connectivity index (χ0v) is 14.0. The van der Waals surface area contributed by atoms with Crippen LogP contribution in [-0.4, -0.2) is 24.7 Å². The third kappa shape index (κ3) is 3.13. The van der Waals surface area contributed by atoms with Crippen molar-refractivity contribution in [1.29, 1.82) is 0 Å². The van der Waals surface area contributed by atoms with E-state index < -0.39 is 5.97 Å². The van der Waals surface area contributed by atoms with Gasteiger partial charge in [0.05, 0.1) is 13.7 Å². The smallest absolute Gasteiger partial charge is 0.372 e. The first-order valence-electron chi connectivity index (χ1n) is 8.14. The number of rotatable bonds is 6. The molecule has 3 aromatic rings. The summed E-state index contributed by atoms with van der Waals surface area (Å²) in [6.45, 7) is 2.29. The van der Waals surface area contributed by atoms with Crippen molar-refractivity contribution in [3.05, 3.63) is 59.9 Å². The van der Waals surface area contributed by atoms with Gasteiger partial charge in [0.2, 0.25) is 5.76 Å². The fourth-order valence-corrected chi connectivity index (χ4v) is 2.96. The highest BCUT2D eigenvalue weighted by Crippen LogP contribution is 2.28. The molecule has 4 heteroatoms. The monoisotopic (exact) mass is 323 g/mol. The van der Waals surface area contributed by atoms with E-state index in [1.54, 1.807) is 6.08 Å². The first-order chi connectivity index (χ1) is 11.7. The molecule has 0 spiro atoms. The Hall–Kier alpha value is -2.75. The van der Waals surface area contributed by atoms with Crippen LogP contribution in [0.3, 0.4) is 0 Å². The van der Waals surface area contributed by atoms with Crippen molar-refractivity contribution in [1.82, 2.24) is 4.98 Å². The van der Waals surface area contributed by atoms with Gasteiger partial charge in [0, 0.05) is 21.8 Å². The Morgan fingerprint density at radius 1 is 1.12 bits per heavy atom. The number of fused-ring (bicyclic) bond motifs is 3. The topological polar surface area (TPSA) is 51.3 Å². The highest BCUT2D eigenvalue weighted by Gasteiger charge is 2.11. The van der Waals surface area contributed by atoms with Crippen molar-refractivity contribution in [3.63, 3.8) is 0 Å². The third-order valence-electron chi connectivity index (χ3n) is 4.06. The van der Waals surface area contributed by atoms with Gasteiger partial charge < -0.3 is 14.5 Å². The molecule has 1 aromatic heterocycles. The summed E-state index contributed by atoms with van der Waals surface area (Å²) in [7, 11) is 1.36. The summed E-state index contributed by atoms with van der Waals surface area (Å²) < 4.78 is 10.1. The number of nitrogens with one attached hydrogen (secondary N) is 1. The quantitative estimate of drug-likeness (QED) is 0.417. The molecule has 0 fully saturated rings. The second kappa shape index (κ2) is 7.21. The van der Waals surface area contributed by atoms with Crippen LogP contribution in [0.2, 0.25) is 0 Å². The molecule has 4 nitrogen and oxygen atoms in total. The summed E-state index contributed by atoms with van der Waals surface area (Å²) in [5.74, 6) is -0.149. The lowest BCUT2D eigenvalue weighted by molar-refractivity contribution is -0.140. The summed E-state index contributed by atoms with van der Waals surface area (Å²) in [5, 5.41) is 2.46. The second-order valence-electron chi connectivity index (χ2n) is 5.54. The molecule has 1 N–H and O–H groups in total. The molecule has 2 aromatic carbocycles. The van der Waals surface area contributed by atoms with Crippen LogP contribution in [-0.2, 0) is 20.7 Å². The number of H-pyrrole nitrogens is 1. The van der Waals surface area contributed by atoms with Gasteiger partial charge in [0.1, 0.15) is 0 Å². The highest BCUT2D eigenvalue weighted by molar-refractivity contribution is 6.08. The van der Waals surface area contributed by atoms with Gasteiger partial charge in [-0.3, -0.25) is 0 Å². The second-order valence-corrected chi connectivity index (χ2v) is 5.54. The van der Waals surface area contributed by atoms with Crippen LogP contribution in [0.25, 0.3) is 21.8 Å². The molecule has 0 atom stereocenters. The summed E-state index contributed by atoms with van der Waals surface area (Å²) in [6, 6.07) is 14.6. The Labute approximate surface area is 141 Å². The summed E-state index contributed by atoms with van der Waals surface area (Å²) in [5.41, 5.74) is 3.52. The number of hydrogen-bond donors (Lipinski definition) is 1. The molecule has 124 valence electrons. The van der Waals surface area contributed by atoms with Gasteiger partial charge in [-0.25, -0.2) is 4.79 Å². The molecule has 1 heterocycles. The number of esters is 1. The van der Waals surface area contributed by atoms with Crippen molar-refractivity contribution >= 4 is 27.8 Å². The number of allylic oxidation sites excluding steroid dienone is 1. The van der Waals surface area contributed by atoms with E-state index in [0.29, 0.717) is 13.0 Å². The molecule has 0 saturated heterocycles. The number of carbonyl (C=O) groups excluding carboxylic acids is 1. The van der Waals surface area contributed by atoms with Gasteiger partial charge in [0.25, 0.3) is 0 Å². The normalized spacial score (nSPS) is 11.8. The molecule has 0 saturated carbocycles. The van der Waals surface area contributed by atoms with Crippen LogP contribution >= 0.6 is 0 Å². The molecule has 0 bridgehead atoms. The predicted octanol–water partition coefficient (Wildman–Crippen LogP) is 4.35. The lowest BCUT2D eigenvalue weighted by Gasteiger charge is -2.06. The minimum atomic E-state index is -0.430. The number of methoxy groups -OCH3 is 1. The number of aromatic nitrogens is 1. The van der Waals surface area contributed by atoms with Gasteiger partial charge in [0.15, 0.2) is 0 Å². The van der Waals surface area contributed by atoms with Gasteiger partial charge in [-0.15, -0.1) is 0 Å². The van der Waals surface area contributed by atoms with E-state index in [0.717, 1.165) is 17.5 Å². The van der Waals surface area contributed by atoms with Gasteiger partial charge in [-0.1, -0.05) is 36.4 Å². The van der Waals surface area contributed by atoms with Gasteiger partial charge in [-0.05, 0) is 37.5 Å². The third-order valence-corrected chi connectivity index (χ3v) is 4.06. The number of carbonyl (C=O) groups is 1. The van der Waals surface area contributed by atoms with Crippen LogP contribution < -0.4 is 0 Å². The van der Waals surface area contributed by atoms with E-state index in [-0.39, 0.29) is 5.76 Å².